The van der Waals surface area contributed by atoms with E-state index < -0.39 is 35.7 Å². The first kappa shape index (κ1) is 35.0. The minimum atomic E-state index is -1.08. The van der Waals surface area contributed by atoms with Crippen LogP contribution in [0.3, 0.4) is 0 Å². The van der Waals surface area contributed by atoms with Gasteiger partial charge in [0.2, 0.25) is 5.91 Å². The number of benzene rings is 3. The van der Waals surface area contributed by atoms with Crippen LogP contribution in [0.1, 0.15) is 68.9 Å². The van der Waals surface area contributed by atoms with E-state index >= 15 is 0 Å². The number of halogens is 1. The van der Waals surface area contributed by atoms with Crippen molar-refractivity contribution in [3.63, 3.8) is 0 Å². The highest BCUT2D eigenvalue weighted by Gasteiger charge is 2.31. The number of hydrogen-bond acceptors (Lipinski definition) is 7. The zero-order valence-electron chi connectivity index (χ0n) is 26.3. The second-order valence-electron chi connectivity index (χ2n) is 10.7. The van der Waals surface area contributed by atoms with Gasteiger partial charge in [0.15, 0.2) is 11.6 Å². The minimum Gasteiger partial charge on any atom is -0.497 e. The molecule has 11 heteroatoms. The summed E-state index contributed by atoms with van der Waals surface area (Å²) in [5.74, 6) is -1.52. The number of amides is 3. The summed E-state index contributed by atoms with van der Waals surface area (Å²) < 4.78 is 25.0. The first-order valence-electron chi connectivity index (χ1n) is 15.0. The highest BCUT2D eigenvalue weighted by molar-refractivity contribution is 6.04. The molecule has 0 spiro atoms. The Morgan fingerprint density at radius 2 is 1.67 bits per heavy atom. The molecule has 0 aliphatic heterocycles. The molecular weight excluding hydrogens is 579 g/mol. The van der Waals surface area contributed by atoms with E-state index in [1.165, 1.54) is 42.3 Å². The van der Waals surface area contributed by atoms with Gasteiger partial charge in [0.05, 0.1) is 26.4 Å². The molecule has 3 amide bonds. The second kappa shape index (κ2) is 17.1. The molecule has 0 fully saturated rings. The Hall–Kier alpha value is -4.48. The summed E-state index contributed by atoms with van der Waals surface area (Å²) in [5, 5.41) is 17.5. The molecule has 2 atom stereocenters. The Morgan fingerprint density at radius 3 is 2.31 bits per heavy atom. The number of carbonyl (C=O) groups excluding carboxylic acids is 3. The smallest absolute Gasteiger partial charge is 0.254 e. The average molecular weight is 623 g/mol. The second-order valence-corrected chi connectivity index (χ2v) is 10.7. The van der Waals surface area contributed by atoms with Gasteiger partial charge in [0, 0.05) is 42.9 Å². The summed E-state index contributed by atoms with van der Waals surface area (Å²) in [5.41, 5.74) is 7.24. The van der Waals surface area contributed by atoms with E-state index in [-0.39, 0.29) is 42.0 Å². The fourth-order valence-electron chi connectivity index (χ4n) is 5.00. The first-order valence-corrected chi connectivity index (χ1v) is 15.0. The molecule has 0 bridgehead atoms. The van der Waals surface area contributed by atoms with Gasteiger partial charge in [-0.2, -0.15) is 0 Å². The predicted octanol–water partition coefficient (Wildman–Crippen LogP) is 3.70. The van der Waals surface area contributed by atoms with Crippen LogP contribution < -0.4 is 25.8 Å². The molecule has 3 aromatic rings. The Bertz CT molecular complexity index is 1470. The Labute approximate surface area is 263 Å². The van der Waals surface area contributed by atoms with Crippen molar-refractivity contribution in [2.24, 2.45) is 5.73 Å². The third kappa shape index (κ3) is 9.75. The number of nitrogens with two attached hydrogens (primary N) is 1. The SMILES string of the molecule is CCCNC(=O)c1cc(C(N)=O)cc(C(=O)N(CCC)[C@@H](Cc2ccc(OC)c(F)c2)[C@H](O)CNCc2cccc(OC)c2)c1. The number of hydrogen-bond donors (Lipinski definition) is 4. The zero-order valence-corrected chi connectivity index (χ0v) is 26.3. The van der Waals surface area contributed by atoms with Crippen molar-refractivity contribution in [1.29, 1.82) is 0 Å². The van der Waals surface area contributed by atoms with Crippen molar-refractivity contribution in [2.45, 2.75) is 51.8 Å². The minimum absolute atomic E-state index is 0.00762. The van der Waals surface area contributed by atoms with Gasteiger partial charge in [-0.1, -0.05) is 32.0 Å². The number of aliphatic hydroxyl groups excluding tert-OH is 1. The molecule has 0 aliphatic rings. The molecule has 0 unspecified atom stereocenters. The van der Waals surface area contributed by atoms with Crippen LogP contribution >= 0.6 is 0 Å². The summed E-state index contributed by atoms with van der Waals surface area (Å²) in [7, 11) is 2.96. The number of rotatable bonds is 17. The van der Waals surface area contributed by atoms with E-state index in [0.717, 1.165) is 5.56 Å². The van der Waals surface area contributed by atoms with E-state index in [9.17, 15) is 23.9 Å². The standard InChI is InChI=1S/C34H43FN4O6/c1-5-12-38-33(42)25-17-24(32(36)41)18-26(19-25)34(43)39(13-6-2)29(16-22-10-11-31(45-4)28(35)15-22)30(40)21-37-20-23-8-7-9-27(14-23)44-3/h7-11,14-15,17-19,29-30,37,40H,5-6,12-13,16,20-21H2,1-4H3,(H2,36,41)(H,38,42)/t29-,30+/m0/s1. The van der Waals surface area contributed by atoms with E-state index in [4.69, 9.17) is 15.2 Å². The zero-order chi connectivity index (χ0) is 32.9. The Morgan fingerprint density at radius 1 is 0.933 bits per heavy atom. The van der Waals surface area contributed by atoms with Crippen molar-refractivity contribution in [2.75, 3.05) is 33.9 Å². The third-order valence-corrected chi connectivity index (χ3v) is 7.31. The van der Waals surface area contributed by atoms with Gasteiger partial charge in [-0.15, -0.1) is 0 Å². The molecule has 5 N–H and O–H groups in total. The topological polar surface area (TPSA) is 143 Å². The quantitative estimate of drug-likeness (QED) is 0.180. The fourth-order valence-corrected chi connectivity index (χ4v) is 5.00. The summed E-state index contributed by atoms with van der Waals surface area (Å²) in [6.45, 7) is 5.00. The van der Waals surface area contributed by atoms with Crippen LogP contribution in [-0.4, -0.2) is 73.7 Å². The van der Waals surface area contributed by atoms with Crippen molar-refractivity contribution in [3.8, 4) is 11.5 Å². The van der Waals surface area contributed by atoms with Crippen molar-refractivity contribution < 1.29 is 33.4 Å². The number of nitrogens with one attached hydrogen (secondary N) is 2. The van der Waals surface area contributed by atoms with Gasteiger partial charge in [-0.3, -0.25) is 14.4 Å². The number of methoxy groups -OCH3 is 2. The molecule has 0 heterocycles. The molecule has 0 radical (unpaired) electrons. The maximum absolute atomic E-state index is 14.7. The van der Waals surface area contributed by atoms with Crippen LogP contribution in [0.25, 0.3) is 0 Å². The third-order valence-electron chi connectivity index (χ3n) is 7.31. The highest BCUT2D eigenvalue weighted by Crippen LogP contribution is 2.23. The van der Waals surface area contributed by atoms with Crippen LogP contribution in [0.4, 0.5) is 4.39 Å². The van der Waals surface area contributed by atoms with Crippen molar-refractivity contribution >= 4 is 17.7 Å². The summed E-state index contributed by atoms with van der Waals surface area (Å²) in [4.78, 5) is 40.6. The molecule has 0 saturated heterocycles. The summed E-state index contributed by atoms with van der Waals surface area (Å²) >= 11 is 0. The fraction of sp³-hybridized carbons (Fsp3) is 0.382. The largest absolute Gasteiger partial charge is 0.497 e. The van der Waals surface area contributed by atoms with Crippen LogP contribution in [-0.2, 0) is 13.0 Å². The molecule has 242 valence electrons. The van der Waals surface area contributed by atoms with Crippen LogP contribution in [0, 0.1) is 5.82 Å². The maximum Gasteiger partial charge on any atom is 0.254 e. The molecule has 3 aromatic carbocycles. The number of ether oxygens (including phenoxy) is 2. The lowest BCUT2D eigenvalue weighted by molar-refractivity contribution is 0.0353. The highest BCUT2D eigenvalue weighted by atomic mass is 19.1. The lowest BCUT2D eigenvalue weighted by Crippen LogP contribution is -2.51. The lowest BCUT2D eigenvalue weighted by atomic mass is 9.96. The molecule has 0 saturated carbocycles. The van der Waals surface area contributed by atoms with Gasteiger partial charge >= 0.3 is 0 Å². The maximum atomic E-state index is 14.7. The van der Waals surface area contributed by atoms with Crippen LogP contribution in [0.2, 0.25) is 0 Å². The van der Waals surface area contributed by atoms with Crippen molar-refractivity contribution in [1.82, 2.24) is 15.5 Å². The van der Waals surface area contributed by atoms with Gasteiger partial charge in [-0.25, -0.2) is 4.39 Å². The monoisotopic (exact) mass is 622 g/mol. The van der Waals surface area contributed by atoms with Crippen LogP contribution in [0.15, 0.2) is 60.7 Å². The van der Waals surface area contributed by atoms with Gasteiger partial charge in [0.25, 0.3) is 11.8 Å². The van der Waals surface area contributed by atoms with Crippen LogP contribution in [0.5, 0.6) is 11.5 Å². The summed E-state index contributed by atoms with van der Waals surface area (Å²) in [6, 6.07) is 15.3. The van der Waals surface area contributed by atoms with E-state index in [0.29, 0.717) is 37.2 Å². The predicted molar refractivity (Wildman–Crippen MR) is 170 cm³/mol. The Balaban J connectivity index is 1.98. The summed E-state index contributed by atoms with van der Waals surface area (Å²) in [6.07, 6.45) is 0.286. The molecule has 10 nitrogen and oxygen atoms in total. The molecule has 3 rings (SSSR count). The van der Waals surface area contributed by atoms with E-state index in [1.54, 1.807) is 13.2 Å². The van der Waals surface area contributed by atoms with Crippen molar-refractivity contribution in [3.05, 3.63) is 94.3 Å². The lowest BCUT2D eigenvalue weighted by Gasteiger charge is -2.35. The number of nitrogens with zero attached hydrogens (tertiary/aromatic N) is 1. The number of carbonyl (C=O) groups is 3. The van der Waals surface area contributed by atoms with E-state index in [1.807, 2.05) is 38.1 Å². The molecule has 0 aliphatic carbocycles. The average Bonchev–Trinajstić information content (AvgIpc) is 3.04. The number of aliphatic hydroxyl groups is 1. The molecule has 45 heavy (non-hydrogen) atoms. The van der Waals surface area contributed by atoms with Gasteiger partial charge in [0.1, 0.15) is 5.75 Å². The first-order chi connectivity index (χ1) is 21.6. The normalized spacial score (nSPS) is 12.2. The van der Waals surface area contributed by atoms with Gasteiger partial charge < -0.3 is 35.8 Å². The molecule has 0 aromatic heterocycles. The molecular formula is C34H43FN4O6. The number of primary amides is 1. The van der Waals surface area contributed by atoms with Gasteiger partial charge in [-0.05, 0) is 72.9 Å². The van der Waals surface area contributed by atoms with E-state index in [2.05, 4.69) is 10.6 Å². The Kier molecular flexibility index (Phi) is 13.3.